The molecule has 0 aliphatic heterocycles. The van der Waals surface area contributed by atoms with E-state index in [1.165, 1.54) is 0 Å². The summed E-state index contributed by atoms with van der Waals surface area (Å²) < 4.78 is 1.77. The highest BCUT2D eigenvalue weighted by molar-refractivity contribution is 7.98. The number of imidazole rings is 1. The number of aromatic nitrogens is 6. The summed E-state index contributed by atoms with van der Waals surface area (Å²) in [4.78, 5) is 7.69. The molecular weight excluding hydrogens is 248 g/mol. The molecule has 3 aromatic rings. The van der Waals surface area contributed by atoms with Gasteiger partial charge in [0, 0.05) is 5.69 Å². The lowest BCUT2D eigenvalue weighted by Gasteiger charge is -2.02. The largest absolute Gasteiger partial charge is 0.331 e. The topological polar surface area (TPSA) is 72.3 Å². The van der Waals surface area contributed by atoms with Crippen molar-refractivity contribution < 1.29 is 0 Å². The molecule has 0 fully saturated rings. The van der Waals surface area contributed by atoms with Gasteiger partial charge in [0.05, 0.1) is 17.4 Å². The molecule has 0 aliphatic rings. The minimum absolute atomic E-state index is 0.662. The third-order valence-corrected chi connectivity index (χ3v) is 3.24. The van der Waals surface area contributed by atoms with Crippen LogP contribution in [0.5, 0.6) is 0 Å². The smallest absolute Gasteiger partial charge is 0.204 e. The molecule has 3 heterocycles. The van der Waals surface area contributed by atoms with Crippen LogP contribution in [0.1, 0.15) is 11.4 Å². The van der Waals surface area contributed by atoms with E-state index < -0.39 is 0 Å². The van der Waals surface area contributed by atoms with Crippen molar-refractivity contribution in [2.24, 2.45) is 0 Å². The minimum atomic E-state index is 0.662. The molecule has 3 rings (SSSR count). The zero-order valence-corrected chi connectivity index (χ0v) is 11.1. The van der Waals surface area contributed by atoms with E-state index in [9.17, 15) is 0 Å². The number of thioether (sulfide) groups is 1. The highest BCUT2D eigenvalue weighted by Gasteiger charge is 2.13. The number of fused-ring (bicyclic) bond motifs is 1. The fourth-order valence-electron chi connectivity index (χ4n) is 1.90. The highest BCUT2D eigenvalue weighted by Crippen LogP contribution is 2.21. The number of nitrogens with one attached hydrogen (secondary N) is 1. The van der Waals surface area contributed by atoms with Crippen molar-refractivity contribution >= 4 is 22.8 Å². The molecule has 6 nitrogen and oxygen atoms in total. The van der Waals surface area contributed by atoms with E-state index in [0.717, 1.165) is 27.6 Å². The summed E-state index contributed by atoms with van der Waals surface area (Å²) >= 11 is 1.56. The van der Waals surface area contributed by atoms with Crippen molar-refractivity contribution in [2.45, 2.75) is 19.0 Å². The van der Waals surface area contributed by atoms with Crippen molar-refractivity contribution in [3.63, 3.8) is 0 Å². The summed E-state index contributed by atoms with van der Waals surface area (Å²) in [5.74, 6) is 0.662. The minimum Gasteiger partial charge on any atom is -0.331 e. The third-order valence-electron chi connectivity index (χ3n) is 2.66. The molecule has 0 bridgehead atoms. The van der Waals surface area contributed by atoms with Crippen LogP contribution < -0.4 is 0 Å². The van der Waals surface area contributed by atoms with Crippen molar-refractivity contribution in [2.75, 3.05) is 6.26 Å². The molecule has 0 saturated heterocycles. The van der Waals surface area contributed by atoms with Crippen LogP contribution in [-0.2, 0) is 0 Å². The fraction of sp³-hybridized carbons (Fsp3) is 0.273. The maximum atomic E-state index is 4.50. The van der Waals surface area contributed by atoms with E-state index in [-0.39, 0.29) is 0 Å². The first kappa shape index (κ1) is 11.2. The second-order valence-electron chi connectivity index (χ2n) is 4.02. The summed E-state index contributed by atoms with van der Waals surface area (Å²) in [6, 6.07) is 2.00. The Morgan fingerprint density at radius 3 is 2.83 bits per heavy atom. The predicted molar refractivity (Wildman–Crippen MR) is 70.1 cm³/mol. The third kappa shape index (κ3) is 1.67. The zero-order valence-electron chi connectivity index (χ0n) is 10.3. The van der Waals surface area contributed by atoms with Crippen LogP contribution >= 0.6 is 11.8 Å². The lowest BCUT2D eigenvalue weighted by atomic mass is 10.4. The van der Waals surface area contributed by atoms with Gasteiger partial charge < -0.3 is 4.98 Å². The molecule has 3 aromatic heterocycles. The molecule has 0 atom stereocenters. The average molecular weight is 260 g/mol. The number of nitrogens with zero attached hydrogens (tertiary/aromatic N) is 5. The molecule has 0 aromatic carbocycles. The Hall–Kier alpha value is -1.89. The van der Waals surface area contributed by atoms with E-state index >= 15 is 0 Å². The number of aromatic amines is 1. The van der Waals surface area contributed by atoms with Gasteiger partial charge in [-0.1, -0.05) is 11.8 Å². The zero-order chi connectivity index (χ0) is 12.7. The van der Waals surface area contributed by atoms with Crippen LogP contribution in [0, 0.1) is 13.8 Å². The summed E-state index contributed by atoms with van der Waals surface area (Å²) in [7, 11) is 0. The molecule has 0 spiro atoms. The van der Waals surface area contributed by atoms with E-state index in [4.69, 9.17) is 0 Å². The van der Waals surface area contributed by atoms with E-state index in [1.54, 1.807) is 22.6 Å². The summed E-state index contributed by atoms with van der Waals surface area (Å²) in [5, 5.41) is 13.4. The monoisotopic (exact) mass is 260 g/mol. The standard InChI is InChI=1S/C11H12N6S/c1-6-4-7(2)17(16-6)10-9-8(5-12-15-10)13-11(14-9)18-3/h4-5H,1-3H3,(H,13,14). The first-order valence-corrected chi connectivity index (χ1v) is 6.70. The molecular formula is C11H12N6S. The summed E-state index contributed by atoms with van der Waals surface area (Å²) in [6.45, 7) is 3.94. The van der Waals surface area contributed by atoms with Gasteiger partial charge in [-0.2, -0.15) is 10.2 Å². The van der Waals surface area contributed by atoms with Gasteiger partial charge >= 0.3 is 0 Å². The number of hydrogen-bond donors (Lipinski definition) is 1. The van der Waals surface area contributed by atoms with E-state index in [1.807, 2.05) is 26.2 Å². The lowest BCUT2D eigenvalue weighted by Crippen LogP contribution is -2.04. The Morgan fingerprint density at radius 2 is 2.17 bits per heavy atom. The molecule has 0 saturated carbocycles. The molecule has 7 heteroatoms. The number of H-pyrrole nitrogens is 1. The molecule has 1 N–H and O–H groups in total. The van der Waals surface area contributed by atoms with Gasteiger partial charge in [-0.25, -0.2) is 9.67 Å². The van der Waals surface area contributed by atoms with Gasteiger partial charge in [0.2, 0.25) is 5.82 Å². The Labute approximate surface area is 108 Å². The molecule has 0 amide bonds. The van der Waals surface area contributed by atoms with Crippen molar-refractivity contribution in [1.29, 1.82) is 0 Å². The number of aryl methyl sites for hydroxylation is 2. The van der Waals surface area contributed by atoms with Crippen LogP contribution in [0.3, 0.4) is 0 Å². The second kappa shape index (κ2) is 4.09. The van der Waals surface area contributed by atoms with Crippen molar-refractivity contribution in [3.8, 4) is 5.82 Å². The van der Waals surface area contributed by atoms with Gasteiger partial charge in [0.15, 0.2) is 5.16 Å². The molecule has 0 unspecified atom stereocenters. The van der Waals surface area contributed by atoms with Crippen LogP contribution in [-0.4, -0.2) is 36.2 Å². The summed E-state index contributed by atoms with van der Waals surface area (Å²) in [6.07, 6.45) is 3.65. The van der Waals surface area contributed by atoms with E-state index in [2.05, 4.69) is 25.3 Å². The normalized spacial score (nSPS) is 11.3. The second-order valence-corrected chi connectivity index (χ2v) is 4.81. The number of rotatable bonds is 2. The van der Waals surface area contributed by atoms with Crippen molar-refractivity contribution in [1.82, 2.24) is 29.9 Å². The van der Waals surface area contributed by atoms with Gasteiger partial charge in [-0.3, -0.25) is 0 Å². The van der Waals surface area contributed by atoms with Crippen LogP contribution in [0.25, 0.3) is 16.9 Å². The Morgan fingerprint density at radius 1 is 1.33 bits per heavy atom. The number of hydrogen-bond acceptors (Lipinski definition) is 5. The van der Waals surface area contributed by atoms with Gasteiger partial charge in [-0.15, -0.1) is 5.10 Å². The van der Waals surface area contributed by atoms with Crippen LogP contribution in [0.4, 0.5) is 0 Å². The molecule has 18 heavy (non-hydrogen) atoms. The maximum Gasteiger partial charge on any atom is 0.204 e. The van der Waals surface area contributed by atoms with Gasteiger partial charge in [0.25, 0.3) is 0 Å². The molecule has 0 radical (unpaired) electrons. The van der Waals surface area contributed by atoms with E-state index in [0.29, 0.717) is 5.82 Å². The van der Waals surface area contributed by atoms with Crippen molar-refractivity contribution in [3.05, 3.63) is 23.7 Å². The average Bonchev–Trinajstić information content (AvgIpc) is 2.91. The SMILES string of the molecule is CSc1nc2c(-n3nc(C)cc3C)nncc2[nH]1. The lowest BCUT2D eigenvalue weighted by molar-refractivity contribution is 0.789. The Kier molecular flexibility index (Phi) is 2.55. The molecule has 0 aliphatic carbocycles. The Balaban J connectivity index is 2.28. The Bertz CT molecular complexity index is 713. The predicted octanol–water partition coefficient (Wildman–Crippen LogP) is 1.88. The van der Waals surface area contributed by atoms with Crippen LogP contribution in [0.2, 0.25) is 0 Å². The van der Waals surface area contributed by atoms with Gasteiger partial charge in [0.1, 0.15) is 5.52 Å². The maximum absolute atomic E-state index is 4.50. The first-order valence-electron chi connectivity index (χ1n) is 5.48. The first-order chi connectivity index (χ1) is 8.69. The van der Waals surface area contributed by atoms with Gasteiger partial charge in [-0.05, 0) is 26.2 Å². The summed E-state index contributed by atoms with van der Waals surface area (Å²) in [5.41, 5.74) is 3.63. The highest BCUT2D eigenvalue weighted by atomic mass is 32.2. The molecule has 92 valence electrons. The quantitative estimate of drug-likeness (QED) is 0.712. The van der Waals surface area contributed by atoms with Crippen LogP contribution in [0.15, 0.2) is 17.4 Å². The fourth-order valence-corrected chi connectivity index (χ4v) is 2.29.